The number of hydrogen-bond acceptors (Lipinski definition) is 4. The van der Waals surface area contributed by atoms with Crippen molar-refractivity contribution in [1.29, 1.82) is 0 Å². The monoisotopic (exact) mass is 244 g/mol. The van der Waals surface area contributed by atoms with Gasteiger partial charge in [0.2, 0.25) is 0 Å². The highest BCUT2D eigenvalue weighted by Crippen LogP contribution is 2.33. The number of ether oxygens (including phenoxy) is 2. The lowest BCUT2D eigenvalue weighted by Gasteiger charge is -2.09. The van der Waals surface area contributed by atoms with E-state index in [2.05, 4.69) is 0 Å². The van der Waals surface area contributed by atoms with Gasteiger partial charge >= 0.3 is 5.97 Å². The molecule has 0 fully saturated rings. The number of benzene rings is 1. The van der Waals surface area contributed by atoms with Gasteiger partial charge in [-0.05, 0) is 6.07 Å². The van der Waals surface area contributed by atoms with Gasteiger partial charge in [-0.2, -0.15) is 0 Å². The zero-order valence-corrected chi connectivity index (χ0v) is 9.37. The molecule has 0 heterocycles. The second-order valence-electron chi connectivity index (χ2n) is 2.82. The fourth-order valence-electron chi connectivity index (χ4n) is 1.18. The second kappa shape index (κ2) is 4.85. The van der Waals surface area contributed by atoms with Gasteiger partial charge in [-0.25, -0.2) is 4.79 Å². The van der Waals surface area contributed by atoms with Crippen molar-refractivity contribution in [1.82, 2.24) is 0 Å². The van der Waals surface area contributed by atoms with E-state index < -0.39 is 11.8 Å². The second-order valence-corrected chi connectivity index (χ2v) is 3.23. The molecule has 0 aromatic heterocycles. The Hall–Kier alpha value is -1.75. The first-order chi connectivity index (χ1) is 7.51. The van der Waals surface area contributed by atoms with E-state index in [4.69, 9.17) is 26.2 Å². The molecule has 1 aromatic carbocycles. The number of Topliss-reactive ketones (excluding diaryl/α,β-unsaturated/α-hetero) is 1. The summed E-state index contributed by atoms with van der Waals surface area (Å²) in [6.45, 7) is 0. The minimum Gasteiger partial charge on any atom is -0.497 e. The highest BCUT2D eigenvalue weighted by atomic mass is 35.5. The van der Waals surface area contributed by atoms with Crippen LogP contribution in [0.2, 0.25) is 5.02 Å². The van der Waals surface area contributed by atoms with Gasteiger partial charge in [0.1, 0.15) is 11.5 Å². The van der Waals surface area contributed by atoms with Gasteiger partial charge in [-0.3, -0.25) is 4.79 Å². The number of carboxylic acids is 1. The molecular weight excluding hydrogens is 236 g/mol. The third-order valence-corrected chi connectivity index (χ3v) is 2.18. The van der Waals surface area contributed by atoms with Gasteiger partial charge in [-0.1, -0.05) is 11.6 Å². The molecule has 0 saturated carbocycles. The van der Waals surface area contributed by atoms with Gasteiger partial charge in [-0.15, -0.1) is 0 Å². The molecule has 0 aliphatic carbocycles. The minimum absolute atomic E-state index is 0.0230. The first-order valence-corrected chi connectivity index (χ1v) is 4.58. The smallest absolute Gasteiger partial charge is 0.377 e. The van der Waals surface area contributed by atoms with Crippen LogP contribution in [0.4, 0.5) is 0 Å². The van der Waals surface area contributed by atoms with Crippen molar-refractivity contribution in [3.05, 3.63) is 22.7 Å². The Morgan fingerprint density at radius 1 is 1.25 bits per heavy atom. The molecule has 0 unspecified atom stereocenters. The summed E-state index contributed by atoms with van der Waals surface area (Å²) in [6, 6.07) is 2.69. The highest BCUT2D eigenvalue weighted by Gasteiger charge is 2.22. The first kappa shape index (κ1) is 12.3. The Balaban J connectivity index is 3.39. The van der Waals surface area contributed by atoms with Crippen molar-refractivity contribution in [2.45, 2.75) is 0 Å². The van der Waals surface area contributed by atoms with Crippen molar-refractivity contribution in [2.24, 2.45) is 0 Å². The average molecular weight is 245 g/mol. The molecule has 0 bridgehead atoms. The summed E-state index contributed by atoms with van der Waals surface area (Å²) in [4.78, 5) is 21.9. The summed E-state index contributed by atoms with van der Waals surface area (Å²) in [5.74, 6) is -2.37. The predicted molar refractivity (Wildman–Crippen MR) is 56.5 cm³/mol. The molecule has 16 heavy (non-hydrogen) atoms. The summed E-state index contributed by atoms with van der Waals surface area (Å²) < 4.78 is 9.76. The van der Waals surface area contributed by atoms with Crippen LogP contribution in [0.3, 0.4) is 0 Å². The average Bonchev–Trinajstić information content (AvgIpc) is 2.26. The lowest BCUT2D eigenvalue weighted by atomic mass is 10.1. The maximum atomic E-state index is 11.4. The maximum absolute atomic E-state index is 11.4. The fraction of sp³-hybridized carbons (Fsp3) is 0.200. The van der Waals surface area contributed by atoms with E-state index in [0.717, 1.165) is 0 Å². The van der Waals surface area contributed by atoms with Crippen LogP contribution in [0.1, 0.15) is 10.4 Å². The summed E-state index contributed by atoms with van der Waals surface area (Å²) in [5, 5.41) is 8.74. The van der Waals surface area contributed by atoms with Crippen molar-refractivity contribution < 1.29 is 24.2 Å². The number of carbonyl (C=O) groups is 2. The number of halogens is 1. The molecule has 1 N–H and O–H groups in total. The zero-order valence-electron chi connectivity index (χ0n) is 8.61. The normalized spacial score (nSPS) is 9.69. The molecule has 0 spiro atoms. The molecule has 0 atom stereocenters. The van der Waals surface area contributed by atoms with Crippen LogP contribution >= 0.6 is 11.6 Å². The van der Waals surface area contributed by atoms with Gasteiger partial charge in [0.15, 0.2) is 0 Å². The van der Waals surface area contributed by atoms with Crippen molar-refractivity contribution in [3.63, 3.8) is 0 Å². The van der Waals surface area contributed by atoms with Crippen LogP contribution in [0.5, 0.6) is 11.5 Å². The molecule has 0 radical (unpaired) electrons. The number of aliphatic carboxylic acids is 1. The number of methoxy groups -OCH3 is 2. The summed E-state index contributed by atoms with van der Waals surface area (Å²) in [6.07, 6.45) is 0. The molecule has 0 aliphatic heterocycles. The van der Waals surface area contributed by atoms with Crippen molar-refractivity contribution >= 4 is 23.4 Å². The van der Waals surface area contributed by atoms with Crippen LogP contribution in [0.25, 0.3) is 0 Å². The quantitative estimate of drug-likeness (QED) is 0.644. The number of carbonyl (C=O) groups excluding carboxylic acids is 1. The van der Waals surface area contributed by atoms with Crippen LogP contribution in [0, 0.1) is 0 Å². The summed E-state index contributed by atoms with van der Waals surface area (Å²) in [5.41, 5.74) is -0.139. The Morgan fingerprint density at radius 2 is 1.88 bits per heavy atom. The fourth-order valence-corrected chi connectivity index (χ4v) is 1.46. The standard InChI is InChI=1S/C10H9ClO5/c1-15-5-3-6(8(12)10(13)14)9(16-2)7(11)4-5/h3-4H,1-2H3,(H,13,14). The van der Waals surface area contributed by atoms with Gasteiger partial charge in [0.05, 0.1) is 24.8 Å². The van der Waals surface area contributed by atoms with E-state index in [-0.39, 0.29) is 22.1 Å². The molecular formula is C10H9ClO5. The lowest BCUT2D eigenvalue weighted by molar-refractivity contribution is -0.131. The summed E-state index contributed by atoms with van der Waals surface area (Å²) in [7, 11) is 2.68. The van der Waals surface area contributed by atoms with E-state index in [1.54, 1.807) is 0 Å². The Morgan fingerprint density at radius 3 is 2.31 bits per heavy atom. The van der Waals surface area contributed by atoms with Crippen LogP contribution in [-0.4, -0.2) is 31.1 Å². The zero-order chi connectivity index (χ0) is 12.3. The van der Waals surface area contributed by atoms with E-state index in [9.17, 15) is 9.59 Å². The highest BCUT2D eigenvalue weighted by molar-refractivity contribution is 6.42. The third kappa shape index (κ3) is 2.25. The van der Waals surface area contributed by atoms with Gasteiger partial charge in [0.25, 0.3) is 5.78 Å². The first-order valence-electron chi connectivity index (χ1n) is 4.20. The van der Waals surface area contributed by atoms with Crippen LogP contribution < -0.4 is 9.47 Å². The molecule has 6 heteroatoms. The molecule has 0 aliphatic rings. The van der Waals surface area contributed by atoms with E-state index >= 15 is 0 Å². The number of carboxylic acid groups (broad SMARTS) is 1. The molecule has 1 aromatic rings. The number of ketones is 1. The topological polar surface area (TPSA) is 72.8 Å². The lowest BCUT2D eigenvalue weighted by Crippen LogP contribution is -2.14. The Kier molecular flexibility index (Phi) is 3.73. The van der Waals surface area contributed by atoms with Gasteiger partial charge in [0, 0.05) is 6.07 Å². The molecule has 0 amide bonds. The van der Waals surface area contributed by atoms with Crippen molar-refractivity contribution in [2.75, 3.05) is 14.2 Å². The largest absolute Gasteiger partial charge is 0.497 e. The van der Waals surface area contributed by atoms with E-state index in [1.807, 2.05) is 0 Å². The molecule has 1 rings (SSSR count). The predicted octanol–water partition coefficient (Wildman–Crippen LogP) is 1.62. The third-order valence-electron chi connectivity index (χ3n) is 1.90. The van der Waals surface area contributed by atoms with Crippen molar-refractivity contribution in [3.8, 4) is 11.5 Å². The number of hydrogen-bond donors (Lipinski definition) is 1. The minimum atomic E-state index is -1.58. The van der Waals surface area contributed by atoms with E-state index in [0.29, 0.717) is 0 Å². The molecule has 5 nitrogen and oxygen atoms in total. The van der Waals surface area contributed by atoms with Crippen LogP contribution in [-0.2, 0) is 4.79 Å². The SMILES string of the molecule is COc1cc(Cl)c(OC)c(C(=O)C(=O)O)c1. The Bertz CT molecular complexity index is 441. The van der Waals surface area contributed by atoms with E-state index in [1.165, 1.54) is 26.4 Å². The Labute approximate surface area is 96.5 Å². The number of rotatable bonds is 4. The maximum Gasteiger partial charge on any atom is 0.377 e. The van der Waals surface area contributed by atoms with Crippen LogP contribution in [0.15, 0.2) is 12.1 Å². The van der Waals surface area contributed by atoms with Gasteiger partial charge < -0.3 is 14.6 Å². The molecule has 86 valence electrons. The molecule has 0 saturated heterocycles. The summed E-state index contributed by atoms with van der Waals surface area (Å²) >= 11 is 5.81.